The van der Waals surface area contributed by atoms with Crippen molar-refractivity contribution in [1.29, 1.82) is 5.26 Å². The summed E-state index contributed by atoms with van der Waals surface area (Å²) in [5.41, 5.74) is 1.29. The van der Waals surface area contributed by atoms with Crippen LogP contribution in [0.25, 0.3) is 10.6 Å². The summed E-state index contributed by atoms with van der Waals surface area (Å²) in [5, 5.41) is 11.6. The highest BCUT2D eigenvalue weighted by molar-refractivity contribution is 7.12. The lowest BCUT2D eigenvalue weighted by Crippen LogP contribution is -1.83. The lowest BCUT2D eigenvalue weighted by atomic mass is 10.1. The van der Waals surface area contributed by atoms with Gasteiger partial charge in [0.05, 0.1) is 22.6 Å². The van der Waals surface area contributed by atoms with Crippen LogP contribution in [-0.2, 0) is 0 Å². The summed E-state index contributed by atoms with van der Waals surface area (Å²) >= 11 is 7.74. The van der Waals surface area contributed by atoms with Gasteiger partial charge in [0.2, 0.25) is 0 Å². The second-order valence-electron chi connectivity index (χ2n) is 3.52. The molecule has 1 aromatic heterocycles. The minimum Gasteiger partial charge on any atom is -0.496 e. The maximum Gasteiger partial charge on any atom is 0.130 e. The number of methoxy groups -OCH3 is 1. The molecule has 2 nitrogen and oxygen atoms in total. The van der Waals surface area contributed by atoms with Crippen LogP contribution in [0.4, 0.5) is 0 Å². The van der Waals surface area contributed by atoms with Gasteiger partial charge < -0.3 is 4.74 Å². The van der Waals surface area contributed by atoms with E-state index in [1.54, 1.807) is 7.11 Å². The number of thiophene rings is 1. The molecule has 0 bridgehead atoms. The van der Waals surface area contributed by atoms with Gasteiger partial charge in [-0.05, 0) is 11.6 Å². The first-order valence-electron chi connectivity index (χ1n) is 5.24. The van der Waals surface area contributed by atoms with E-state index in [9.17, 15) is 5.26 Å². The largest absolute Gasteiger partial charge is 0.496 e. The lowest BCUT2D eigenvalue weighted by molar-refractivity contribution is 0.416. The quantitative estimate of drug-likeness (QED) is 0.779. The Bertz CT molecular complexity index is 610. The fourth-order valence-electron chi connectivity index (χ4n) is 1.51. The van der Waals surface area contributed by atoms with Crippen molar-refractivity contribution in [1.82, 2.24) is 0 Å². The Labute approximate surface area is 115 Å². The van der Waals surface area contributed by atoms with Crippen LogP contribution in [0.1, 0.15) is 10.4 Å². The summed E-state index contributed by atoms with van der Waals surface area (Å²) in [6.45, 7) is 0. The molecule has 18 heavy (non-hydrogen) atoms. The number of ether oxygens (including phenoxy) is 1. The molecule has 2 aromatic rings. The van der Waals surface area contributed by atoms with Gasteiger partial charge in [-0.2, -0.15) is 5.26 Å². The molecule has 0 amide bonds. The fourth-order valence-corrected chi connectivity index (χ4v) is 2.65. The SMILES string of the molecule is COc1csc(/C(Cl)=C(/C#N)c2ccccc2)c1. The van der Waals surface area contributed by atoms with Gasteiger partial charge in [0.15, 0.2) is 0 Å². The molecule has 1 aromatic carbocycles. The maximum atomic E-state index is 9.26. The molecule has 0 saturated heterocycles. The number of allylic oxidation sites excluding steroid dienone is 1. The van der Waals surface area contributed by atoms with Crippen LogP contribution in [0.15, 0.2) is 41.8 Å². The summed E-state index contributed by atoms with van der Waals surface area (Å²) in [6, 6.07) is 13.4. The number of rotatable bonds is 3. The Morgan fingerprint density at radius 3 is 2.61 bits per heavy atom. The summed E-state index contributed by atoms with van der Waals surface area (Å²) in [4.78, 5) is 0.828. The third kappa shape index (κ3) is 2.56. The number of nitriles is 1. The van der Waals surface area contributed by atoms with Gasteiger partial charge in [-0.25, -0.2) is 0 Å². The van der Waals surface area contributed by atoms with E-state index in [0.717, 1.165) is 16.2 Å². The van der Waals surface area contributed by atoms with E-state index in [1.165, 1.54) is 11.3 Å². The van der Waals surface area contributed by atoms with Gasteiger partial charge in [-0.3, -0.25) is 0 Å². The predicted molar refractivity (Wildman–Crippen MR) is 75.6 cm³/mol. The van der Waals surface area contributed by atoms with Crippen molar-refractivity contribution in [3.8, 4) is 11.8 Å². The van der Waals surface area contributed by atoms with Crippen molar-refractivity contribution in [2.24, 2.45) is 0 Å². The third-order valence-electron chi connectivity index (χ3n) is 2.42. The highest BCUT2D eigenvalue weighted by Gasteiger charge is 2.11. The van der Waals surface area contributed by atoms with Crippen LogP contribution in [0.3, 0.4) is 0 Å². The minimum atomic E-state index is 0.456. The topological polar surface area (TPSA) is 33.0 Å². The van der Waals surface area contributed by atoms with Crippen molar-refractivity contribution in [3.63, 3.8) is 0 Å². The Morgan fingerprint density at radius 2 is 2.06 bits per heavy atom. The van der Waals surface area contributed by atoms with Crippen molar-refractivity contribution in [2.75, 3.05) is 7.11 Å². The van der Waals surface area contributed by atoms with E-state index in [0.29, 0.717) is 10.6 Å². The number of nitrogens with zero attached hydrogens (tertiary/aromatic N) is 1. The smallest absolute Gasteiger partial charge is 0.130 e. The number of halogens is 1. The van der Waals surface area contributed by atoms with Gasteiger partial charge in [0.25, 0.3) is 0 Å². The number of benzene rings is 1. The number of hydrogen-bond acceptors (Lipinski definition) is 3. The zero-order valence-corrected chi connectivity index (χ0v) is 11.3. The average Bonchev–Trinajstić information content (AvgIpc) is 2.89. The molecular formula is C14H10ClNOS. The number of hydrogen-bond donors (Lipinski definition) is 0. The third-order valence-corrected chi connectivity index (χ3v) is 3.85. The molecule has 0 spiro atoms. The first-order chi connectivity index (χ1) is 8.76. The molecule has 0 aliphatic carbocycles. The minimum absolute atomic E-state index is 0.456. The molecule has 0 aliphatic rings. The van der Waals surface area contributed by atoms with Crippen LogP contribution in [-0.4, -0.2) is 7.11 Å². The monoisotopic (exact) mass is 275 g/mol. The second-order valence-corrected chi connectivity index (χ2v) is 4.81. The van der Waals surface area contributed by atoms with Gasteiger partial charge in [0, 0.05) is 5.38 Å². The van der Waals surface area contributed by atoms with Crippen molar-refractivity contribution < 1.29 is 4.74 Å². The normalized spacial score (nSPS) is 11.6. The van der Waals surface area contributed by atoms with E-state index in [4.69, 9.17) is 16.3 Å². The lowest BCUT2D eigenvalue weighted by Gasteiger charge is -2.01. The standard InChI is InChI=1S/C14H10ClNOS/c1-17-11-7-13(18-9-11)14(15)12(8-16)10-5-3-2-4-6-10/h2-7,9H,1H3/b14-12+. The summed E-state index contributed by atoms with van der Waals surface area (Å²) in [7, 11) is 1.60. The molecule has 0 aliphatic heterocycles. The molecule has 0 radical (unpaired) electrons. The second kappa shape index (κ2) is 5.72. The first-order valence-corrected chi connectivity index (χ1v) is 6.50. The van der Waals surface area contributed by atoms with Gasteiger partial charge in [-0.1, -0.05) is 41.9 Å². The van der Waals surface area contributed by atoms with Crippen molar-refractivity contribution >= 4 is 33.5 Å². The molecule has 0 fully saturated rings. The molecule has 0 N–H and O–H groups in total. The highest BCUT2D eigenvalue weighted by Crippen LogP contribution is 2.35. The molecule has 0 atom stereocenters. The highest BCUT2D eigenvalue weighted by atomic mass is 35.5. The molecular weight excluding hydrogens is 266 g/mol. The molecule has 0 unspecified atom stereocenters. The zero-order chi connectivity index (χ0) is 13.0. The van der Waals surface area contributed by atoms with E-state index in [2.05, 4.69) is 6.07 Å². The molecule has 90 valence electrons. The molecule has 1 heterocycles. The van der Waals surface area contributed by atoms with Crippen LogP contribution >= 0.6 is 22.9 Å². The Kier molecular flexibility index (Phi) is 4.03. The van der Waals surface area contributed by atoms with Gasteiger partial charge in [0.1, 0.15) is 11.8 Å². The fraction of sp³-hybridized carbons (Fsp3) is 0.0714. The van der Waals surface area contributed by atoms with E-state index >= 15 is 0 Å². The van der Waals surface area contributed by atoms with E-state index in [-0.39, 0.29) is 0 Å². The Morgan fingerprint density at radius 1 is 1.33 bits per heavy atom. The molecule has 4 heteroatoms. The van der Waals surface area contributed by atoms with Crippen molar-refractivity contribution in [2.45, 2.75) is 0 Å². The van der Waals surface area contributed by atoms with E-state index in [1.807, 2.05) is 41.8 Å². The van der Waals surface area contributed by atoms with Gasteiger partial charge in [-0.15, -0.1) is 11.3 Å². The van der Waals surface area contributed by atoms with Crippen LogP contribution in [0.2, 0.25) is 0 Å². The summed E-state index contributed by atoms with van der Waals surface area (Å²) in [6.07, 6.45) is 0. The Balaban J connectivity index is 2.47. The average molecular weight is 276 g/mol. The first kappa shape index (κ1) is 12.7. The Hall–Kier alpha value is -1.76. The predicted octanol–water partition coefficient (Wildman–Crippen LogP) is 4.39. The zero-order valence-electron chi connectivity index (χ0n) is 9.68. The summed E-state index contributed by atoms with van der Waals surface area (Å²) in [5.74, 6) is 0.749. The van der Waals surface area contributed by atoms with Crippen LogP contribution in [0, 0.1) is 11.3 Å². The van der Waals surface area contributed by atoms with Gasteiger partial charge >= 0.3 is 0 Å². The van der Waals surface area contributed by atoms with Crippen LogP contribution < -0.4 is 4.74 Å². The maximum absolute atomic E-state index is 9.26. The molecule has 2 rings (SSSR count). The summed E-state index contributed by atoms with van der Waals surface area (Å²) < 4.78 is 5.11. The molecule has 0 saturated carbocycles. The van der Waals surface area contributed by atoms with Crippen molar-refractivity contribution in [3.05, 3.63) is 52.2 Å². The van der Waals surface area contributed by atoms with Crippen LogP contribution in [0.5, 0.6) is 5.75 Å². The van der Waals surface area contributed by atoms with E-state index < -0.39 is 0 Å².